The molecule has 0 amide bonds. The summed E-state index contributed by atoms with van der Waals surface area (Å²) in [6, 6.07) is 14.8. The van der Waals surface area contributed by atoms with Crippen LogP contribution >= 0.6 is 18.0 Å². The normalized spacial score (nSPS) is 22.4. The zero-order valence-electron chi connectivity index (χ0n) is 9.17. The van der Waals surface area contributed by atoms with Crippen molar-refractivity contribution in [3.63, 3.8) is 0 Å². The Morgan fingerprint density at radius 1 is 0.778 bits per heavy atom. The van der Waals surface area contributed by atoms with Crippen LogP contribution in [0.3, 0.4) is 0 Å². The summed E-state index contributed by atoms with van der Waals surface area (Å²) in [7, 11) is 0. The number of benzene rings is 2. The Hall–Kier alpha value is -1.64. The second-order valence-corrected chi connectivity index (χ2v) is 8.22. The van der Waals surface area contributed by atoms with E-state index in [4.69, 9.17) is 24.8 Å². The van der Waals surface area contributed by atoms with Gasteiger partial charge in [0.05, 0.1) is 0 Å². The molecule has 0 saturated heterocycles. The van der Waals surface area contributed by atoms with E-state index in [-0.39, 0.29) is 0 Å². The zero-order valence-corrected chi connectivity index (χ0v) is 10.8. The molecule has 0 atom stereocenters. The van der Waals surface area contributed by atoms with Gasteiger partial charge in [0.2, 0.25) is 0 Å². The standard InChI is InChI=1S/C12H9ClNO3P/c13-18(14-9-5-1-2-6-10(9)15-18)16-11-7-3-4-8-12(11)17-18/h1-8,14H. The monoisotopic (exact) mass is 281 g/mol. The van der Waals surface area contributed by atoms with Crippen LogP contribution < -0.4 is 18.7 Å². The van der Waals surface area contributed by atoms with Gasteiger partial charge >= 0.3 is 108 Å². The van der Waals surface area contributed by atoms with Crippen molar-refractivity contribution in [2.24, 2.45) is 0 Å². The molecule has 0 fully saturated rings. The van der Waals surface area contributed by atoms with E-state index in [0.717, 1.165) is 5.69 Å². The third-order valence-corrected chi connectivity index (χ3v) is 5.79. The number of fused-ring (bicyclic) bond motifs is 2. The molecule has 0 aliphatic carbocycles. The third-order valence-electron chi connectivity index (χ3n) is 2.79. The summed E-state index contributed by atoms with van der Waals surface area (Å²) in [5.74, 6) is 1.81. The van der Waals surface area contributed by atoms with Crippen molar-refractivity contribution in [1.29, 1.82) is 0 Å². The molecule has 0 bridgehead atoms. The molecule has 0 radical (unpaired) electrons. The van der Waals surface area contributed by atoms with Crippen LogP contribution in [0.4, 0.5) is 5.69 Å². The van der Waals surface area contributed by atoms with Gasteiger partial charge in [0.25, 0.3) is 0 Å². The van der Waals surface area contributed by atoms with Crippen LogP contribution in [0.25, 0.3) is 0 Å². The molecule has 1 spiro atoms. The SMILES string of the molecule is ClP12(Nc3ccccc3O1)Oc1ccccc1O2. The molecule has 2 aromatic carbocycles. The summed E-state index contributed by atoms with van der Waals surface area (Å²) in [4.78, 5) is 0. The Kier molecular flexibility index (Phi) is 1.73. The molecule has 2 heterocycles. The van der Waals surface area contributed by atoms with E-state index in [0.29, 0.717) is 17.2 Å². The van der Waals surface area contributed by atoms with Crippen LogP contribution in [0.2, 0.25) is 0 Å². The summed E-state index contributed by atoms with van der Waals surface area (Å²) in [5.41, 5.74) is 0.776. The Bertz CT molecular complexity index is 550. The first kappa shape index (κ1) is 10.3. The number of rotatable bonds is 0. The maximum atomic E-state index is 6.54. The topological polar surface area (TPSA) is 39.7 Å². The van der Waals surface area contributed by atoms with Crippen molar-refractivity contribution < 1.29 is 13.6 Å². The molecule has 6 heteroatoms. The van der Waals surface area contributed by atoms with Gasteiger partial charge in [-0.05, 0) is 0 Å². The summed E-state index contributed by atoms with van der Waals surface area (Å²) >= 11 is 6.54. The number of para-hydroxylation sites is 4. The van der Waals surface area contributed by atoms with E-state index in [1.807, 2.05) is 36.4 Å². The number of hydrogen-bond acceptors (Lipinski definition) is 4. The van der Waals surface area contributed by atoms with Gasteiger partial charge in [0.1, 0.15) is 0 Å². The fourth-order valence-electron chi connectivity index (χ4n) is 2.06. The molecule has 4 nitrogen and oxygen atoms in total. The fraction of sp³-hybridized carbons (Fsp3) is 0. The van der Waals surface area contributed by atoms with Gasteiger partial charge < -0.3 is 0 Å². The minimum absolute atomic E-state index is 0.588. The summed E-state index contributed by atoms with van der Waals surface area (Å²) < 4.78 is 17.3. The molecule has 4 rings (SSSR count). The Balaban J connectivity index is 1.80. The quantitative estimate of drug-likeness (QED) is 0.730. The molecule has 0 saturated carbocycles. The average molecular weight is 282 g/mol. The summed E-state index contributed by atoms with van der Waals surface area (Å²) in [6.45, 7) is -3.84. The first-order valence-corrected chi connectivity index (χ1v) is 8.35. The van der Waals surface area contributed by atoms with Crippen molar-refractivity contribution in [2.75, 3.05) is 5.09 Å². The Labute approximate surface area is 108 Å². The van der Waals surface area contributed by atoms with Crippen molar-refractivity contribution in [2.45, 2.75) is 0 Å². The molecule has 2 aromatic rings. The maximum absolute atomic E-state index is 6.54. The molecule has 92 valence electrons. The molecular formula is C12H9ClNO3P. The Morgan fingerprint density at radius 2 is 1.28 bits per heavy atom. The van der Waals surface area contributed by atoms with Gasteiger partial charge in [-0.3, -0.25) is 0 Å². The van der Waals surface area contributed by atoms with Crippen LogP contribution in [0.1, 0.15) is 0 Å². The van der Waals surface area contributed by atoms with Crippen molar-refractivity contribution in [3.8, 4) is 17.2 Å². The van der Waals surface area contributed by atoms with Gasteiger partial charge in [0.15, 0.2) is 0 Å². The zero-order chi connectivity index (χ0) is 12.2. The second-order valence-electron chi connectivity index (χ2n) is 4.12. The average Bonchev–Trinajstić information content (AvgIpc) is 2.81. The molecule has 2 aliphatic rings. The third kappa shape index (κ3) is 1.30. The first-order chi connectivity index (χ1) is 8.64. The summed E-state index contributed by atoms with van der Waals surface area (Å²) in [5, 5.41) is 3.06. The predicted octanol–water partition coefficient (Wildman–Crippen LogP) is 4.33. The fourth-order valence-corrected chi connectivity index (χ4v) is 5.28. The van der Waals surface area contributed by atoms with E-state index in [2.05, 4.69) is 5.09 Å². The van der Waals surface area contributed by atoms with E-state index < -0.39 is 6.79 Å². The van der Waals surface area contributed by atoms with Gasteiger partial charge in [-0.2, -0.15) is 0 Å². The van der Waals surface area contributed by atoms with Crippen molar-refractivity contribution >= 4 is 23.7 Å². The van der Waals surface area contributed by atoms with Crippen LogP contribution in [0.15, 0.2) is 48.5 Å². The van der Waals surface area contributed by atoms with Crippen LogP contribution in [0, 0.1) is 0 Å². The molecular weight excluding hydrogens is 273 g/mol. The van der Waals surface area contributed by atoms with Gasteiger partial charge in [0, 0.05) is 0 Å². The molecule has 0 unspecified atom stereocenters. The Morgan fingerprint density at radius 3 is 1.89 bits per heavy atom. The van der Waals surface area contributed by atoms with Crippen LogP contribution in [-0.2, 0) is 0 Å². The first-order valence-electron chi connectivity index (χ1n) is 5.46. The number of hydrogen-bond donors (Lipinski definition) is 1. The van der Waals surface area contributed by atoms with Crippen LogP contribution in [0.5, 0.6) is 17.2 Å². The van der Waals surface area contributed by atoms with Gasteiger partial charge in [-0.25, -0.2) is 0 Å². The van der Waals surface area contributed by atoms with Gasteiger partial charge in [-0.1, -0.05) is 0 Å². The second kappa shape index (κ2) is 3.02. The van der Waals surface area contributed by atoms with E-state index in [1.54, 1.807) is 12.1 Å². The van der Waals surface area contributed by atoms with Crippen molar-refractivity contribution in [1.82, 2.24) is 0 Å². The number of halogens is 1. The molecule has 1 N–H and O–H groups in total. The van der Waals surface area contributed by atoms with E-state index in [1.165, 1.54) is 0 Å². The minimum atomic E-state index is -3.84. The molecule has 0 aromatic heterocycles. The molecule has 18 heavy (non-hydrogen) atoms. The van der Waals surface area contributed by atoms with Crippen molar-refractivity contribution in [3.05, 3.63) is 48.5 Å². The van der Waals surface area contributed by atoms with E-state index >= 15 is 0 Å². The van der Waals surface area contributed by atoms with E-state index in [9.17, 15) is 0 Å². The number of nitrogens with one attached hydrogen (secondary N) is 1. The predicted molar refractivity (Wildman–Crippen MR) is 71.2 cm³/mol. The number of anilines is 1. The van der Waals surface area contributed by atoms with Gasteiger partial charge in [-0.15, -0.1) is 0 Å². The van der Waals surface area contributed by atoms with Crippen LogP contribution in [-0.4, -0.2) is 0 Å². The summed E-state index contributed by atoms with van der Waals surface area (Å²) in [6.07, 6.45) is 0. The molecule has 2 aliphatic heterocycles.